The average molecular weight is 338 g/mol. The molecule has 132 valence electrons. The predicted octanol–water partition coefficient (Wildman–Crippen LogP) is 0.870. The zero-order valence-electron chi connectivity index (χ0n) is 14.1. The predicted molar refractivity (Wildman–Crippen MR) is 83.9 cm³/mol. The molecule has 1 aromatic heterocycles. The second kappa shape index (κ2) is 7.96. The molecular formula is C16H22N2O6. The van der Waals surface area contributed by atoms with Gasteiger partial charge in [-0.05, 0) is 32.3 Å². The molecule has 1 unspecified atom stereocenters. The number of carbonyl (C=O) groups excluding carboxylic acids is 3. The molecule has 1 fully saturated rings. The van der Waals surface area contributed by atoms with E-state index in [1.807, 2.05) is 0 Å². The monoisotopic (exact) mass is 338 g/mol. The largest absolute Gasteiger partial charge is 0.465 e. The third-order valence-electron chi connectivity index (χ3n) is 3.92. The third-order valence-corrected chi connectivity index (χ3v) is 3.92. The summed E-state index contributed by atoms with van der Waals surface area (Å²) in [6.07, 6.45) is 1.93. The first-order chi connectivity index (χ1) is 11.4. The number of nitrogens with one attached hydrogen (secondary N) is 2. The van der Waals surface area contributed by atoms with Gasteiger partial charge in [0, 0.05) is 18.8 Å². The molecular weight excluding hydrogens is 316 g/mol. The van der Waals surface area contributed by atoms with Gasteiger partial charge in [-0.3, -0.25) is 4.79 Å². The van der Waals surface area contributed by atoms with E-state index in [1.165, 1.54) is 7.11 Å². The van der Waals surface area contributed by atoms with Crippen molar-refractivity contribution in [2.75, 3.05) is 26.9 Å². The summed E-state index contributed by atoms with van der Waals surface area (Å²) in [6, 6.07) is 0. The van der Waals surface area contributed by atoms with Crippen molar-refractivity contribution in [3.05, 3.63) is 22.5 Å². The topological polar surface area (TPSA) is 107 Å². The van der Waals surface area contributed by atoms with Gasteiger partial charge < -0.3 is 24.5 Å². The van der Waals surface area contributed by atoms with Gasteiger partial charge in [-0.15, -0.1) is 0 Å². The number of aromatic nitrogens is 1. The maximum absolute atomic E-state index is 12.1. The zero-order chi connectivity index (χ0) is 17.7. The number of esters is 2. The maximum atomic E-state index is 12.1. The Bertz CT molecular complexity index is 631. The van der Waals surface area contributed by atoms with Crippen LogP contribution in [0.2, 0.25) is 0 Å². The molecule has 1 aromatic rings. The first kappa shape index (κ1) is 18.0. The Morgan fingerprint density at radius 1 is 1.29 bits per heavy atom. The van der Waals surface area contributed by atoms with E-state index in [0.717, 1.165) is 12.8 Å². The highest BCUT2D eigenvalue weighted by Crippen LogP contribution is 2.19. The molecule has 8 heteroatoms. The number of aryl methyl sites for hydroxylation is 1. The van der Waals surface area contributed by atoms with Gasteiger partial charge in [-0.25, -0.2) is 9.59 Å². The third kappa shape index (κ3) is 4.14. The Morgan fingerprint density at radius 2 is 2.04 bits per heavy atom. The first-order valence-corrected chi connectivity index (χ1v) is 7.77. The highest BCUT2D eigenvalue weighted by atomic mass is 16.5. The molecule has 1 saturated heterocycles. The Labute approximate surface area is 139 Å². The van der Waals surface area contributed by atoms with Crippen molar-refractivity contribution in [2.24, 2.45) is 0 Å². The van der Waals surface area contributed by atoms with Crippen LogP contribution in [-0.4, -0.2) is 55.8 Å². The molecule has 1 aliphatic heterocycles. The van der Waals surface area contributed by atoms with Gasteiger partial charge in [-0.1, -0.05) is 0 Å². The van der Waals surface area contributed by atoms with Gasteiger partial charge in [0.2, 0.25) is 0 Å². The van der Waals surface area contributed by atoms with Crippen LogP contribution < -0.4 is 5.32 Å². The molecule has 0 radical (unpaired) electrons. The molecule has 0 aliphatic carbocycles. The number of H-pyrrole nitrogens is 1. The van der Waals surface area contributed by atoms with Crippen LogP contribution in [0, 0.1) is 13.8 Å². The lowest BCUT2D eigenvalue weighted by Gasteiger charge is -2.10. The quantitative estimate of drug-likeness (QED) is 0.746. The summed E-state index contributed by atoms with van der Waals surface area (Å²) in [5, 5.41) is 2.66. The Balaban J connectivity index is 1.88. The summed E-state index contributed by atoms with van der Waals surface area (Å²) in [5.74, 6) is -1.62. The van der Waals surface area contributed by atoms with E-state index in [4.69, 9.17) is 9.47 Å². The van der Waals surface area contributed by atoms with Crippen molar-refractivity contribution in [3.8, 4) is 0 Å². The van der Waals surface area contributed by atoms with Crippen molar-refractivity contribution in [1.29, 1.82) is 0 Å². The number of amides is 1. The number of carbonyl (C=O) groups is 3. The van der Waals surface area contributed by atoms with Crippen molar-refractivity contribution < 1.29 is 28.6 Å². The molecule has 1 atom stereocenters. The summed E-state index contributed by atoms with van der Waals surface area (Å²) in [6.45, 7) is 4.00. The average Bonchev–Trinajstić information content (AvgIpc) is 3.18. The van der Waals surface area contributed by atoms with Crippen LogP contribution in [-0.2, 0) is 19.0 Å². The second-order valence-electron chi connectivity index (χ2n) is 5.63. The van der Waals surface area contributed by atoms with Crippen molar-refractivity contribution in [1.82, 2.24) is 10.3 Å². The summed E-state index contributed by atoms with van der Waals surface area (Å²) >= 11 is 0. The lowest BCUT2D eigenvalue weighted by atomic mass is 10.1. The summed E-state index contributed by atoms with van der Waals surface area (Å²) in [7, 11) is 1.27. The van der Waals surface area contributed by atoms with E-state index in [2.05, 4.69) is 15.0 Å². The molecule has 2 heterocycles. The van der Waals surface area contributed by atoms with Crippen LogP contribution in [0.1, 0.15) is 44.9 Å². The molecule has 1 amide bonds. The van der Waals surface area contributed by atoms with E-state index in [0.29, 0.717) is 30.0 Å². The van der Waals surface area contributed by atoms with Gasteiger partial charge in [0.1, 0.15) is 5.69 Å². The van der Waals surface area contributed by atoms with E-state index in [9.17, 15) is 14.4 Å². The fourth-order valence-electron chi connectivity index (χ4n) is 2.65. The minimum atomic E-state index is -0.696. The van der Waals surface area contributed by atoms with Crippen LogP contribution in [0.25, 0.3) is 0 Å². The van der Waals surface area contributed by atoms with E-state index >= 15 is 0 Å². The smallest absolute Gasteiger partial charge is 0.355 e. The Hall–Kier alpha value is -2.35. The molecule has 8 nitrogen and oxygen atoms in total. The molecule has 0 bridgehead atoms. The minimum Gasteiger partial charge on any atom is -0.465 e. The van der Waals surface area contributed by atoms with Crippen molar-refractivity contribution >= 4 is 17.8 Å². The number of ether oxygens (including phenoxy) is 3. The Kier molecular flexibility index (Phi) is 5.97. The summed E-state index contributed by atoms with van der Waals surface area (Å²) < 4.78 is 15.1. The normalized spacial score (nSPS) is 16.7. The van der Waals surface area contributed by atoms with E-state index in [1.54, 1.807) is 13.8 Å². The zero-order valence-corrected chi connectivity index (χ0v) is 14.1. The molecule has 2 rings (SSSR count). The van der Waals surface area contributed by atoms with Crippen molar-refractivity contribution in [3.63, 3.8) is 0 Å². The van der Waals surface area contributed by atoms with Gasteiger partial charge in [0.25, 0.3) is 5.91 Å². The Morgan fingerprint density at radius 3 is 2.67 bits per heavy atom. The van der Waals surface area contributed by atoms with Crippen molar-refractivity contribution in [2.45, 2.75) is 32.8 Å². The van der Waals surface area contributed by atoms with Gasteiger partial charge in [-0.2, -0.15) is 0 Å². The fraction of sp³-hybridized carbons (Fsp3) is 0.562. The van der Waals surface area contributed by atoms with Crippen LogP contribution in [0.15, 0.2) is 0 Å². The molecule has 0 spiro atoms. The highest BCUT2D eigenvalue weighted by Gasteiger charge is 2.24. The van der Waals surface area contributed by atoms with Crippen LogP contribution >= 0.6 is 0 Å². The number of hydrogen-bond acceptors (Lipinski definition) is 6. The molecule has 0 saturated carbocycles. The number of hydrogen-bond donors (Lipinski definition) is 2. The number of methoxy groups -OCH3 is 1. The lowest BCUT2D eigenvalue weighted by molar-refractivity contribution is -0.124. The van der Waals surface area contributed by atoms with Gasteiger partial charge >= 0.3 is 11.9 Å². The summed E-state index contributed by atoms with van der Waals surface area (Å²) in [5.41, 5.74) is 1.38. The van der Waals surface area contributed by atoms with Gasteiger partial charge in [0.15, 0.2) is 6.61 Å². The molecule has 1 aliphatic rings. The standard InChI is InChI=1S/C16H22N2O6/c1-9-13(15(20)22-3)10(2)18-14(9)16(21)24-8-12(19)17-7-11-5-4-6-23-11/h11,18H,4-8H2,1-3H3,(H,17,19). The first-order valence-electron chi connectivity index (χ1n) is 7.77. The maximum Gasteiger partial charge on any atom is 0.355 e. The number of aromatic amines is 1. The lowest BCUT2D eigenvalue weighted by Crippen LogP contribution is -2.34. The molecule has 0 aromatic carbocycles. The number of rotatable bonds is 6. The molecule has 24 heavy (non-hydrogen) atoms. The van der Waals surface area contributed by atoms with E-state index < -0.39 is 24.5 Å². The highest BCUT2D eigenvalue weighted by molar-refractivity contribution is 5.99. The van der Waals surface area contributed by atoms with Crippen LogP contribution in [0.4, 0.5) is 0 Å². The second-order valence-corrected chi connectivity index (χ2v) is 5.63. The van der Waals surface area contributed by atoms with E-state index in [-0.39, 0.29) is 11.8 Å². The van der Waals surface area contributed by atoms with Crippen LogP contribution in [0.5, 0.6) is 0 Å². The van der Waals surface area contributed by atoms with Crippen LogP contribution in [0.3, 0.4) is 0 Å². The SMILES string of the molecule is COC(=O)c1c(C)[nH]c(C(=O)OCC(=O)NCC2CCCO2)c1C. The summed E-state index contributed by atoms with van der Waals surface area (Å²) in [4.78, 5) is 38.3. The minimum absolute atomic E-state index is 0.0283. The molecule has 2 N–H and O–H groups in total. The fourth-order valence-corrected chi connectivity index (χ4v) is 2.65. The van der Waals surface area contributed by atoms with Gasteiger partial charge in [0.05, 0.1) is 18.8 Å².